The first-order chi connectivity index (χ1) is 12.5. The minimum atomic E-state index is -0.764. The SMILES string of the molecule is COc1nc(OC)nc(OC(=O)CN(C)C(=O)OCc2ccccc2)n1. The number of nitrogens with zero attached hydrogens (tertiary/aromatic N) is 4. The Morgan fingerprint density at radius 3 is 2.12 bits per heavy atom. The Balaban J connectivity index is 1.87. The predicted molar refractivity (Wildman–Crippen MR) is 87.8 cm³/mol. The van der Waals surface area contributed by atoms with E-state index in [9.17, 15) is 9.59 Å². The van der Waals surface area contributed by atoms with Gasteiger partial charge in [0, 0.05) is 7.05 Å². The highest BCUT2D eigenvalue weighted by atomic mass is 16.6. The van der Waals surface area contributed by atoms with E-state index in [1.165, 1.54) is 21.3 Å². The van der Waals surface area contributed by atoms with Gasteiger partial charge in [0.05, 0.1) is 14.2 Å². The van der Waals surface area contributed by atoms with Gasteiger partial charge in [-0.3, -0.25) is 0 Å². The quantitative estimate of drug-likeness (QED) is 0.667. The van der Waals surface area contributed by atoms with Gasteiger partial charge in [0.2, 0.25) is 0 Å². The number of esters is 1. The van der Waals surface area contributed by atoms with Gasteiger partial charge in [-0.05, 0) is 5.56 Å². The smallest absolute Gasteiger partial charge is 0.410 e. The number of hydrogen-bond acceptors (Lipinski definition) is 9. The number of ether oxygens (including phenoxy) is 4. The molecule has 1 aromatic heterocycles. The zero-order valence-corrected chi connectivity index (χ0v) is 14.5. The third-order valence-corrected chi connectivity index (χ3v) is 3.03. The first kappa shape index (κ1) is 18.9. The highest BCUT2D eigenvalue weighted by molar-refractivity contribution is 5.79. The molecule has 0 aliphatic carbocycles. The lowest BCUT2D eigenvalue weighted by atomic mass is 10.2. The monoisotopic (exact) mass is 362 g/mol. The summed E-state index contributed by atoms with van der Waals surface area (Å²) in [5.41, 5.74) is 0.834. The Morgan fingerprint density at radius 1 is 0.962 bits per heavy atom. The maximum absolute atomic E-state index is 11.9. The van der Waals surface area contributed by atoms with Crippen molar-refractivity contribution in [2.45, 2.75) is 6.61 Å². The van der Waals surface area contributed by atoms with Crippen LogP contribution in [0.3, 0.4) is 0 Å². The fraction of sp³-hybridized carbons (Fsp3) is 0.312. The van der Waals surface area contributed by atoms with E-state index in [0.29, 0.717) is 0 Å². The molecule has 2 aromatic rings. The lowest BCUT2D eigenvalue weighted by Crippen LogP contribution is -2.34. The van der Waals surface area contributed by atoms with Crippen molar-refractivity contribution in [3.05, 3.63) is 35.9 Å². The van der Waals surface area contributed by atoms with Crippen molar-refractivity contribution in [3.63, 3.8) is 0 Å². The van der Waals surface area contributed by atoms with Gasteiger partial charge in [0.15, 0.2) is 0 Å². The van der Waals surface area contributed by atoms with Crippen LogP contribution in [0.2, 0.25) is 0 Å². The third kappa shape index (κ3) is 5.58. The first-order valence-electron chi connectivity index (χ1n) is 7.48. The van der Waals surface area contributed by atoms with Crippen molar-refractivity contribution in [2.24, 2.45) is 0 Å². The molecule has 26 heavy (non-hydrogen) atoms. The molecule has 0 bridgehead atoms. The highest BCUT2D eigenvalue weighted by Gasteiger charge is 2.18. The molecule has 10 heteroatoms. The maximum atomic E-state index is 11.9. The van der Waals surface area contributed by atoms with E-state index in [1.807, 2.05) is 30.3 Å². The zero-order chi connectivity index (χ0) is 18.9. The molecule has 2 rings (SSSR count). The van der Waals surface area contributed by atoms with E-state index in [0.717, 1.165) is 10.5 Å². The second-order valence-electron chi connectivity index (χ2n) is 4.96. The van der Waals surface area contributed by atoms with Crippen LogP contribution < -0.4 is 14.2 Å². The molecule has 0 saturated carbocycles. The molecule has 0 aliphatic heterocycles. The van der Waals surface area contributed by atoms with Crippen molar-refractivity contribution in [3.8, 4) is 18.0 Å². The minimum Gasteiger partial charge on any atom is -0.467 e. The normalized spacial score (nSPS) is 9.96. The molecule has 0 atom stereocenters. The topological polar surface area (TPSA) is 113 Å². The van der Waals surface area contributed by atoms with Gasteiger partial charge in [-0.25, -0.2) is 9.59 Å². The molecule has 1 heterocycles. The number of methoxy groups -OCH3 is 2. The molecule has 0 N–H and O–H groups in total. The second kappa shape index (κ2) is 9.16. The summed E-state index contributed by atoms with van der Waals surface area (Å²) in [5, 5.41) is 0. The summed E-state index contributed by atoms with van der Waals surface area (Å²) in [4.78, 5) is 36.2. The molecule has 1 aromatic carbocycles. The van der Waals surface area contributed by atoms with Crippen molar-refractivity contribution >= 4 is 12.1 Å². The number of hydrogen-bond donors (Lipinski definition) is 0. The fourth-order valence-corrected chi connectivity index (χ4v) is 1.77. The average Bonchev–Trinajstić information content (AvgIpc) is 2.66. The van der Waals surface area contributed by atoms with Crippen molar-refractivity contribution in [2.75, 3.05) is 27.8 Å². The van der Waals surface area contributed by atoms with E-state index in [2.05, 4.69) is 15.0 Å². The summed E-state index contributed by atoms with van der Waals surface area (Å²) in [6.07, 6.45) is -0.670. The molecular formula is C16H18N4O6. The summed E-state index contributed by atoms with van der Waals surface area (Å²) >= 11 is 0. The summed E-state index contributed by atoms with van der Waals surface area (Å²) < 4.78 is 19.8. The Kier molecular flexibility index (Phi) is 6.66. The van der Waals surface area contributed by atoms with Crippen molar-refractivity contribution in [1.29, 1.82) is 0 Å². The highest BCUT2D eigenvalue weighted by Crippen LogP contribution is 2.14. The molecule has 0 spiro atoms. The Morgan fingerprint density at radius 2 is 1.54 bits per heavy atom. The first-order valence-corrected chi connectivity index (χ1v) is 7.48. The number of amides is 1. The number of aromatic nitrogens is 3. The van der Waals surface area contributed by atoms with Crippen LogP contribution in [-0.4, -0.2) is 59.7 Å². The molecule has 10 nitrogen and oxygen atoms in total. The maximum Gasteiger partial charge on any atom is 0.410 e. The van der Waals surface area contributed by atoms with E-state index < -0.39 is 12.1 Å². The number of likely N-dealkylation sites (N-methyl/N-ethyl adjacent to an activating group) is 1. The van der Waals surface area contributed by atoms with Gasteiger partial charge < -0.3 is 23.8 Å². The van der Waals surface area contributed by atoms with Gasteiger partial charge in [0.25, 0.3) is 0 Å². The van der Waals surface area contributed by atoms with Gasteiger partial charge >= 0.3 is 30.1 Å². The third-order valence-electron chi connectivity index (χ3n) is 3.03. The van der Waals surface area contributed by atoms with E-state index in [4.69, 9.17) is 18.9 Å². The van der Waals surface area contributed by atoms with Gasteiger partial charge in [-0.2, -0.15) is 0 Å². The fourth-order valence-electron chi connectivity index (χ4n) is 1.77. The van der Waals surface area contributed by atoms with Crippen LogP contribution in [0.5, 0.6) is 18.0 Å². The molecular weight excluding hydrogens is 344 g/mol. The van der Waals surface area contributed by atoms with Gasteiger partial charge in [0.1, 0.15) is 13.2 Å². The molecule has 0 radical (unpaired) electrons. The minimum absolute atomic E-state index is 0.0738. The lowest BCUT2D eigenvalue weighted by Gasteiger charge is -2.15. The zero-order valence-electron chi connectivity index (χ0n) is 14.5. The van der Waals surface area contributed by atoms with Gasteiger partial charge in [-0.1, -0.05) is 30.3 Å². The van der Waals surface area contributed by atoms with Crippen LogP contribution in [0.4, 0.5) is 4.79 Å². The number of carbonyl (C=O) groups is 2. The van der Waals surface area contributed by atoms with Crippen LogP contribution in [0, 0.1) is 0 Å². The van der Waals surface area contributed by atoms with Crippen LogP contribution >= 0.6 is 0 Å². The van der Waals surface area contributed by atoms with Crippen LogP contribution in [0.1, 0.15) is 5.56 Å². The summed E-state index contributed by atoms with van der Waals surface area (Å²) in [5.74, 6) is -0.764. The van der Waals surface area contributed by atoms with Crippen LogP contribution in [0.15, 0.2) is 30.3 Å². The standard InChI is InChI=1S/C16H18N4O6/c1-20(16(22)25-10-11-7-5-4-6-8-11)9-12(21)26-15-18-13(23-2)17-14(19-15)24-3/h4-8H,9-10H2,1-3H3. The lowest BCUT2D eigenvalue weighted by molar-refractivity contribution is -0.135. The molecule has 0 fully saturated rings. The Labute approximate surface area is 149 Å². The second-order valence-corrected chi connectivity index (χ2v) is 4.96. The predicted octanol–water partition coefficient (Wildman–Crippen LogP) is 1.06. The van der Waals surface area contributed by atoms with Crippen molar-refractivity contribution < 1.29 is 28.5 Å². The molecule has 1 amide bonds. The van der Waals surface area contributed by atoms with E-state index in [1.54, 1.807) is 0 Å². The summed E-state index contributed by atoms with van der Waals surface area (Å²) in [6.45, 7) is -0.259. The molecule has 0 saturated heterocycles. The Hall–Kier alpha value is -3.43. The average molecular weight is 362 g/mol. The van der Waals surface area contributed by atoms with Crippen molar-refractivity contribution in [1.82, 2.24) is 19.9 Å². The van der Waals surface area contributed by atoms with Crippen LogP contribution in [0.25, 0.3) is 0 Å². The number of benzene rings is 1. The van der Waals surface area contributed by atoms with E-state index in [-0.39, 0.29) is 31.2 Å². The van der Waals surface area contributed by atoms with E-state index >= 15 is 0 Å². The number of carbonyl (C=O) groups excluding carboxylic acids is 2. The summed E-state index contributed by atoms with van der Waals surface area (Å²) in [6, 6.07) is 8.73. The molecule has 0 unspecified atom stereocenters. The summed E-state index contributed by atoms with van der Waals surface area (Å²) in [7, 11) is 4.09. The number of rotatable bonds is 7. The Bertz CT molecular complexity index is 733. The molecule has 138 valence electrons. The largest absolute Gasteiger partial charge is 0.467 e. The van der Waals surface area contributed by atoms with Gasteiger partial charge in [-0.15, -0.1) is 15.0 Å². The van der Waals surface area contributed by atoms with Crippen LogP contribution in [-0.2, 0) is 16.1 Å². The molecule has 0 aliphatic rings.